The van der Waals surface area contributed by atoms with Crippen LogP contribution < -0.4 is 15.8 Å². The second-order valence-corrected chi connectivity index (χ2v) is 3.83. The van der Waals surface area contributed by atoms with E-state index in [1.165, 1.54) is 5.56 Å². The summed E-state index contributed by atoms with van der Waals surface area (Å²) in [6, 6.07) is 5.81. The molecule has 4 heteroatoms. The molecule has 0 bridgehead atoms. The monoisotopic (exact) mass is 236 g/mol. The summed E-state index contributed by atoms with van der Waals surface area (Å²) in [5.74, 6) is 0.658. The lowest BCUT2D eigenvalue weighted by atomic mass is 10.1. The van der Waals surface area contributed by atoms with Gasteiger partial charge in [-0.3, -0.25) is 4.79 Å². The van der Waals surface area contributed by atoms with Crippen LogP contribution in [0.4, 0.5) is 5.69 Å². The lowest BCUT2D eigenvalue weighted by Crippen LogP contribution is -2.14. The maximum absolute atomic E-state index is 11.6. The van der Waals surface area contributed by atoms with E-state index in [2.05, 4.69) is 12.2 Å². The van der Waals surface area contributed by atoms with E-state index < -0.39 is 0 Å². The van der Waals surface area contributed by atoms with Crippen LogP contribution in [0.15, 0.2) is 18.2 Å². The number of hydrogen-bond donors (Lipinski definition) is 2. The Morgan fingerprint density at radius 3 is 2.82 bits per heavy atom. The number of aryl methyl sites for hydroxylation is 1. The molecule has 3 N–H and O–H groups in total. The van der Waals surface area contributed by atoms with Gasteiger partial charge >= 0.3 is 0 Å². The topological polar surface area (TPSA) is 64.3 Å². The number of benzene rings is 1. The Kier molecular flexibility index (Phi) is 5.49. The number of carbonyl (C=O) groups is 1. The molecule has 1 aromatic rings. The molecule has 0 radical (unpaired) electrons. The number of anilines is 1. The van der Waals surface area contributed by atoms with Crippen LogP contribution in [0.5, 0.6) is 5.75 Å². The molecule has 0 aliphatic rings. The van der Waals surface area contributed by atoms with Crippen molar-refractivity contribution in [2.45, 2.75) is 26.2 Å². The van der Waals surface area contributed by atoms with Gasteiger partial charge in [0.1, 0.15) is 5.75 Å². The Hall–Kier alpha value is -1.55. The third kappa shape index (κ3) is 4.07. The van der Waals surface area contributed by atoms with Gasteiger partial charge in [-0.15, -0.1) is 0 Å². The van der Waals surface area contributed by atoms with Crippen LogP contribution in [0.2, 0.25) is 0 Å². The number of nitrogens with two attached hydrogens (primary N) is 1. The number of methoxy groups -OCH3 is 1. The van der Waals surface area contributed by atoms with Crippen molar-refractivity contribution >= 4 is 11.6 Å². The van der Waals surface area contributed by atoms with E-state index in [-0.39, 0.29) is 5.91 Å². The molecule has 0 saturated heterocycles. The maximum atomic E-state index is 11.6. The van der Waals surface area contributed by atoms with Crippen LogP contribution in [0.1, 0.15) is 25.3 Å². The van der Waals surface area contributed by atoms with Gasteiger partial charge in [-0.2, -0.15) is 0 Å². The summed E-state index contributed by atoms with van der Waals surface area (Å²) in [4.78, 5) is 11.6. The van der Waals surface area contributed by atoms with Crippen molar-refractivity contribution in [2.24, 2.45) is 5.73 Å². The number of amides is 1. The van der Waals surface area contributed by atoms with E-state index in [4.69, 9.17) is 10.5 Å². The van der Waals surface area contributed by atoms with Gasteiger partial charge in [-0.05, 0) is 37.1 Å². The highest BCUT2D eigenvalue weighted by molar-refractivity contribution is 5.92. The minimum Gasteiger partial charge on any atom is -0.495 e. The Balaban J connectivity index is 2.76. The van der Waals surface area contributed by atoms with Crippen molar-refractivity contribution < 1.29 is 9.53 Å². The predicted octanol–water partition coefficient (Wildman–Crippen LogP) is 1.94. The molecule has 0 saturated carbocycles. The summed E-state index contributed by atoms with van der Waals surface area (Å²) in [5.41, 5.74) is 7.26. The van der Waals surface area contributed by atoms with E-state index in [9.17, 15) is 4.79 Å². The zero-order valence-corrected chi connectivity index (χ0v) is 10.5. The first kappa shape index (κ1) is 13.5. The summed E-state index contributed by atoms with van der Waals surface area (Å²) in [6.07, 6.45) is 2.06. The number of carbonyl (C=O) groups excluding carboxylic acids is 1. The highest BCUT2D eigenvalue weighted by atomic mass is 16.5. The molecule has 0 heterocycles. The summed E-state index contributed by atoms with van der Waals surface area (Å²) in [7, 11) is 1.59. The summed E-state index contributed by atoms with van der Waals surface area (Å²) >= 11 is 0. The number of rotatable bonds is 6. The quantitative estimate of drug-likeness (QED) is 0.793. The molecule has 0 aromatic heterocycles. The van der Waals surface area contributed by atoms with E-state index >= 15 is 0 Å². The normalized spacial score (nSPS) is 10.1. The van der Waals surface area contributed by atoms with Crippen LogP contribution in [-0.2, 0) is 11.2 Å². The fourth-order valence-corrected chi connectivity index (χ4v) is 1.55. The summed E-state index contributed by atoms with van der Waals surface area (Å²) in [6.45, 7) is 2.60. The van der Waals surface area contributed by atoms with Gasteiger partial charge < -0.3 is 15.8 Å². The van der Waals surface area contributed by atoms with Gasteiger partial charge in [0.2, 0.25) is 5.91 Å². The molecule has 4 nitrogen and oxygen atoms in total. The van der Waals surface area contributed by atoms with Crippen molar-refractivity contribution in [3.63, 3.8) is 0 Å². The lowest BCUT2D eigenvalue weighted by Gasteiger charge is -2.11. The molecule has 0 atom stereocenters. The molecule has 94 valence electrons. The van der Waals surface area contributed by atoms with Crippen LogP contribution in [-0.4, -0.2) is 19.6 Å². The molecule has 0 aliphatic carbocycles. The molecule has 1 amide bonds. The maximum Gasteiger partial charge on any atom is 0.224 e. The number of ether oxygens (including phenoxy) is 1. The van der Waals surface area contributed by atoms with E-state index in [1.807, 2.05) is 18.2 Å². The fourth-order valence-electron chi connectivity index (χ4n) is 1.55. The van der Waals surface area contributed by atoms with E-state index in [0.717, 1.165) is 12.1 Å². The zero-order chi connectivity index (χ0) is 12.7. The molecular weight excluding hydrogens is 216 g/mol. The molecule has 0 spiro atoms. The first-order chi connectivity index (χ1) is 8.21. The lowest BCUT2D eigenvalue weighted by molar-refractivity contribution is -0.116. The minimum absolute atomic E-state index is 0.0259. The second kappa shape index (κ2) is 6.91. The summed E-state index contributed by atoms with van der Waals surface area (Å²) < 4.78 is 5.21. The van der Waals surface area contributed by atoms with Crippen LogP contribution in [0.3, 0.4) is 0 Å². The van der Waals surface area contributed by atoms with Gasteiger partial charge in [0.25, 0.3) is 0 Å². The van der Waals surface area contributed by atoms with Crippen molar-refractivity contribution in [1.82, 2.24) is 0 Å². The Morgan fingerprint density at radius 1 is 1.47 bits per heavy atom. The van der Waals surface area contributed by atoms with Gasteiger partial charge in [0.15, 0.2) is 0 Å². The summed E-state index contributed by atoms with van der Waals surface area (Å²) in [5, 5.41) is 2.85. The second-order valence-electron chi connectivity index (χ2n) is 3.83. The highest BCUT2D eigenvalue weighted by Crippen LogP contribution is 2.25. The van der Waals surface area contributed by atoms with Crippen molar-refractivity contribution in [1.29, 1.82) is 0 Å². The molecule has 0 aliphatic heterocycles. The van der Waals surface area contributed by atoms with Crippen molar-refractivity contribution in [2.75, 3.05) is 19.0 Å². The largest absolute Gasteiger partial charge is 0.495 e. The third-order valence-corrected chi connectivity index (χ3v) is 2.55. The van der Waals surface area contributed by atoms with Crippen LogP contribution >= 0.6 is 0 Å². The van der Waals surface area contributed by atoms with E-state index in [1.54, 1.807) is 7.11 Å². The first-order valence-corrected chi connectivity index (χ1v) is 5.88. The smallest absolute Gasteiger partial charge is 0.224 e. The molecular formula is C13H20N2O2. The Labute approximate surface area is 102 Å². The molecule has 0 fully saturated rings. The van der Waals surface area contributed by atoms with Crippen LogP contribution in [0, 0.1) is 0 Å². The van der Waals surface area contributed by atoms with Gasteiger partial charge in [-0.25, -0.2) is 0 Å². The fraction of sp³-hybridized carbons (Fsp3) is 0.462. The van der Waals surface area contributed by atoms with Crippen LogP contribution in [0.25, 0.3) is 0 Å². The predicted molar refractivity (Wildman–Crippen MR) is 69.3 cm³/mol. The number of nitrogens with one attached hydrogen (secondary N) is 1. The standard InChI is InChI=1S/C13H20N2O2/c1-3-10-6-7-12(17-2)11(9-10)15-13(16)5-4-8-14/h6-7,9H,3-5,8,14H2,1-2H3,(H,15,16). The molecule has 17 heavy (non-hydrogen) atoms. The van der Waals surface area contributed by atoms with Gasteiger partial charge in [-0.1, -0.05) is 13.0 Å². The first-order valence-electron chi connectivity index (χ1n) is 5.88. The Bertz CT molecular complexity index is 378. The van der Waals surface area contributed by atoms with E-state index in [0.29, 0.717) is 25.1 Å². The average Bonchev–Trinajstić information content (AvgIpc) is 2.36. The number of hydrogen-bond acceptors (Lipinski definition) is 3. The minimum atomic E-state index is -0.0259. The van der Waals surface area contributed by atoms with Crippen molar-refractivity contribution in [3.8, 4) is 5.75 Å². The molecule has 1 rings (SSSR count). The molecule has 1 aromatic carbocycles. The highest BCUT2D eigenvalue weighted by Gasteiger charge is 2.07. The van der Waals surface area contributed by atoms with Crippen molar-refractivity contribution in [3.05, 3.63) is 23.8 Å². The SMILES string of the molecule is CCc1ccc(OC)c(NC(=O)CCCN)c1. The average molecular weight is 236 g/mol. The zero-order valence-electron chi connectivity index (χ0n) is 10.5. The Morgan fingerprint density at radius 2 is 2.24 bits per heavy atom. The third-order valence-electron chi connectivity index (χ3n) is 2.55. The molecule has 0 unspecified atom stereocenters. The van der Waals surface area contributed by atoms with Gasteiger partial charge in [0.05, 0.1) is 12.8 Å². The van der Waals surface area contributed by atoms with Gasteiger partial charge in [0, 0.05) is 6.42 Å².